The third-order valence-electron chi connectivity index (χ3n) is 3.92. The van der Waals surface area contributed by atoms with Gasteiger partial charge in [0.15, 0.2) is 0 Å². The summed E-state index contributed by atoms with van der Waals surface area (Å²) >= 11 is 6.16. The molecule has 98 valence electrons. The van der Waals surface area contributed by atoms with E-state index >= 15 is 0 Å². The van der Waals surface area contributed by atoms with Crippen molar-refractivity contribution in [3.8, 4) is 0 Å². The van der Waals surface area contributed by atoms with Crippen molar-refractivity contribution in [1.29, 1.82) is 0 Å². The van der Waals surface area contributed by atoms with Crippen molar-refractivity contribution in [3.05, 3.63) is 64.7 Å². The Bertz CT molecular complexity index is 556. The lowest BCUT2D eigenvalue weighted by Crippen LogP contribution is -2.34. The van der Waals surface area contributed by atoms with Gasteiger partial charge in [0.05, 0.1) is 10.7 Å². The summed E-state index contributed by atoms with van der Waals surface area (Å²) in [5, 5.41) is 4.33. The normalized spacial score (nSPS) is 21.8. The molecule has 0 amide bonds. The topological polar surface area (TPSA) is 12.0 Å². The molecule has 1 nitrogen and oxygen atoms in total. The Labute approximate surface area is 119 Å². The lowest BCUT2D eigenvalue weighted by molar-refractivity contribution is 0.374. The van der Waals surface area contributed by atoms with Gasteiger partial charge in [-0.05, 0) is 43.4 Å². The van der Waals surface area contributed by atoms with Crippen LogP contribution in [-0.4, -0.2) is 6.04 Å². The molecule has 1 aliphatic carbocycles. The van der Waals surface area contributed by atoms with Crippen LogP contribution in [0, 0.1) is 6.92 Å². The van der Waals surface area contributed by atoms with Crippen LogP contribution in [0.15, 0.2) is 48.5 Å². The van der Waals surface area contributed by atoms with Crippen LogP contribution in [0.2, 0.25) is 5.02 Å². The Hall–Kier alpha value is -1.47. The van der Waals surface area contributed by atoms with E-state index in [-0.39, 0.29) is 0 Å². The van der Waals surface area contributed by atoms with Crippen molar-refractivity contribution < 1.29 is 0 Å². The number of nitrogens with one attached hydrogen (secondary N) is 1. The van der Waals surface area contributed by atoms with Crippen LogP contribution in [0.3, 0.4) is 0 Å². The predicted octanol–water partition coefficient (Wildman–Crippen LogP) is 5.01. The minimum absolute atomic E-state index is 0.547. The van der Waals surface area contributed by atoms with Gasteiger partial charge >= 0.3 is 0 Å². The molecule has 1 fully saturated rings. The minimum Gasteiger partial charge on any atom is -0.381 e. The van der Waals surface area contributed by atoms with Crippen LogP contribution in [-0.2, 0) is 0 Å². The van der Waals surface area contributed by atoms with Gasteiger partial charge in [-0.25, -0.2) is 0 Å². The Morgan fingerprint density at radius 1 is 1.00 bits per heavy atom. The molecule has 0 unspecified atom stereocenters. The van der Waals surface area contributed by atoms with E-state index in [0.29, 0.717) is 12.0 Å². The number of anilines is 1. The second-order valence-electron chi connectivity index (χ2n) is 5.40. The number of benzene rings is 2. The Morgan fingerprint density at radius 3 is 2.37 bits per heavy atom. The second kappa shape index (κ2) is 5.26. The molecule has 0 aromatic heterocycles. The molecule has 0 radical (unpaired) electrons. The maximum Gasteiger partial charge on any atom is 0.0637 e. The lowest BCUT2D eigenvalue weighted by atomic mass is 9.75. The van der Waals surface area contributed by atoms with E-state index < -0.39 is 0 Å². The SMILES string of the molecule is Cc1ccc(C2CC(Nc3ccccc3Cl)C2)cc1. The van der Waals surface area contributed by atoms with Gasteiger partial charge in [-0.1, -0.05) is 53.6 Å². The summed E-state index contributed by atoms with van der Waals surface area (Å²) in [5.74, 6) is 0.695. The number of rotatable bonds is 3. The van der Waals surface area contributed by atoms with E-state index in [1.54, 1.807) is 0 Å². The summed E-state index contributed by atoms with van der Waals surface area (Å²) in [4.78, 5) is 0. The van der Waals surface area contributed by atoms with Crippen LogP contribution in [0.1, 0.15) is 29.9 Å². The summed E-state index contributed by atoms with van der Waals surface area (Å²) < 4.78 is 0. The van der Waals surface area contributed by atoms with Gasteiger partial charge in [-0.15, -0.1) is 0 Å². The quantitative estimate of drug-likeness (QED) is 0.828. The molecule has 3 rings (SSSR count). The Morgan fingerprint density at radius 2 is 1.68 bits per heavy atom. The highest BCUT2D eigenvalue weighted by Crippen LogP contribution is 2.39. The van der Waals surface area contributed by atoms with Gasteiger partial charge in [0.1, 0.15) is 0 Å². The predicted molar refractivity (Wildman–Crippen MR) is 82.0 cm³/mol. The van der Waals surface area contributed by atoms with Crippen LogP contribution in [0.25, 0.3) is 0 Å². The van der Waals surface area contributed by atoms with E-state index in [9.17, 15) is 0 Å². The number of para-hydroxylation sites is 1. The molecule has 1 aliphatic rings. The first-order chi connectivity index (χ1) is 9.22. The average Bonchev–Trinajstić information content (AvgIpc) is 2.37. The molecule has 1 saturated carbocycles. The zero-order valence-corrected chi connectivity index (χ0v) is 11.8. The number of hydrogen-bond acceptors (Lipinski definition) is 1. The first-order valence-electron chi connectivity index (χ1n) is 6.80. The molecular weight excluding hydrogens is 254 g/mol. The highest BCUT2D eigenvalue weighted by atomic mass is 35.5. The van der Waals surface area contributed by atoms with Crippen molar-refractivity contribution in [2.75, 3.05) is 5.32 Å². The largest absolute Gasteiger partial charge is 0.381 e. The van der Waals surface area contributed by atoms with Crippen LogP contribution in [0.5, 0.6) is 0 Å². The van der Waals surface area contributed by atoms with Crippen LogP contribution < -0.4 is 5.32 Å². The highest BCUT2D eigenvalue weighted by molar-refractivity contribution is 6.33. The fourth-order valence-electron chi connectivity index (χ4n) is 2.64. The monoisotopic (exact) mass is 271 g/mol. The van der Waals surface area contributed by atoms with Gasteiger partial charge in [0.25, 0.3) is 0 Å². The standard InChI is InChI=1S/C17H18ClN/c1-12-6-8-13(9-7-12)14-10-15(11-14)19-17-5-3-2-4-16(17)18/h2-9,14-15,19H,10-11H2,1H3. The molecular formula is C17H18ClN. The van der Waals surface area contributed by atoms with Gasteiger partial charge in [-0.2, -0.15) is 0 Å². The molecule has 0 spiro atoms. The van der Waals surface area contributed by atoms with Gasteiger partial charge in [0, 0.05) is 6.04 Å². The Kier molecular flexibility index (Phi) is 3.48. The van der Waals surface area contributed by atoms with Crippen LogP contribution >= 0.6 is 11.6 Å². The maximum atomic E-state index is 6.16. The van der Waals surface area contributed by atoms with E-state index in [2.05, 4.69) is 36.5 Å². The molecule has 0 heterocycles. The molecule has 0 aliphatic heterocycles. The fraction of sp³-hybridized carbons (Fsp3) is 0.294. The number of hydrogen-bond donors (Lipinski definition) is 1. The second-order valence-corrected chi connectivity index (χ2v) is 5.81. The molecule has 0 saturated heterocycles. The lowest BCUT2D eigenvalue weighted by Gasteiger charge is -2.37. The zero-order chi connectivity index (χ0) is 13.2. The average molecular weight is 272 g/mol. The summed E-state index contributed by atoms with van der Waals surface area (Å²) in [6.07, 6.45) is 2.38. The van der Waals surface area contributed by atoms with Gasteiger partial charge in [-0.3, -0.25) is 0 Å². The van der Waals surface area contributed by atoms with E-state index in [1.165, 1.54) is 24.0 Å². The number of halogens is 1. The summed E-state index contributed by atoms with van der Waals surface area (Å²) in [6, 6.07) is 17.4. The van der Waals surface area contributed by atoms with Gasteiger partial charge < -0.3 is 5.32 Å². The summed E-state index contributed by atoms with van der Waals surface area (Å²) in [6.45, 7) is 2.13. The molecule has 2 aromatic rings. The van der Waals surface area contributed by atoms with E-state index in [0.717, 1.165) is 10.7 Å². The Balaban J connectivity index is 1.58. The highest BCUT2D eigenvalue weighted by Gasteiger charge is 2.30. The summed E-state index contributed by atoms with van der Waals surface area (Å²) in [7, 11) is 0. The smallest absolute Gasteiger partial charge is 0.0637 e. The first-order valence-corrected chi connectivity index (χ1v) is 7.18. The van der Waals surface area contributed by atoms with Crippen molar-refractivity contribution >= 4 is 17.3 Å². The molecule has 0 atom stereocenters. The van der Waals surface area contributed by atoms with Gasteiger partial charge in [0.2, 0.25) is 0 Å². The molecule has 19 heavy (non-hydrogen) atoms. The third-order valence-corrected chi connectivity index (χ3v) is 4.25. The number of aryl methyl sites for hydroxylation is 1. The first kappa shape index (κ1) is 12.6. The van der Waals surface area contributed by atoms with Crippen molar-refractivity contribution in [2.24, 2.45) is 0 Å². The molecule has 1 N–H and O–H groups in total. The van der Waals surface area contributed by atoms with Crippen molar-refractivity contribution in [1.82, 2.24) is 0 Å². The third kappa shape index (κ3) is 2.76. The molecule has 2 aromatic carbocycles. The molecule has 2 heteroatoms. The van der Waals surface area contributed by atoms with Crippen molar-refractivity contribution in [2.45, 2.75) is 31.7 Å². The minimum atomic E-state index is 0.547. The van der Waals surface area contributed by atoms with E-state index in [1.807, 2.05) is 24.3 Å². The van der Waals surface area contributed by atoms with Crippen molar-refractivity contribution in [3.63, 3.8) is 0 Å². The fourth-order valence-corrected chi connectivity index (χ4v) is 2.83. The molecule has 0 bridgehead atoms. The van der Waals surface area contributed by atoms with Crippen LogP contribution in [0.4, 0.5) is 5.69 Å². The zero-order valence-electron chi connectivity index (χ0n) is 11.1. The van der Waals surface area contributed by atoms with E-state index in [4.69, 9.17) is 11.6 Å². The summed E-state index contributed by atoms with van der Waals surface area (Å²) in [5.41, 5.74) is 3.84. The maximum absolute atomic E-state index is 6.16.